The summed E-state index contributed by atoms with van der Waals surface area (Å²) in [6, 6.07) is 2.65. The molecule has 0 bridgehead atoms. The number of nitrogens with two attached hydrogens (primary N) is 1. The summed E-state index contributed by atoms with van der Waals surface area (Å²) in [4.78, 5) is 25.9. The molecule has 1 aromatic heterocycles. The fourth-order valence-corrected chi connectivity index (χ4v) is 1.55. The lowest BCUT2D eigenvalue weighted by Crippen LogP contribution is -2.32. The van der Waals surface area contributed by atoms with Crippen molar-refractivity contribution in [3.8, 4) is 0 Å². The first-order chi connectivity index (χ1) is 8.56. The van der Waals surface area contributed by atoms with Gasteiger partial charge in [-0.3, -0.25) is 9.69 Å². The molecule has 0 saturated heterocycles. The SMILES string of the molecule is CC(c1ccc(=O)[nH]c1)N(C/C=C/CN)C(=O)O. The molecule has 1 heterocycles. The van der Waals surface area contributed by atoms with Gasteiger partial charge in [-0.2, -0.15) is 0 Å². The average Bonchev–Trinajstić information content (AvgIpc) is 2.34. The Morgan fingerprint density at radius 1 is 1.56 bits per heavy atom. The van der Waals surface area contributed by atoms with Crippen molar-refractivity contribution in [3.05, 3.63) is 46.4 Å². The van der Waals surface area contributed by atoms with Gasteiger partial charge in [-0.25, -0.2) is 4.79 Å². The maximum atomic E-state index is 11.2. The monoisotopic (exact) mass is 251 g/mol. The zero-order valence-electron chi connectivity index (χ0n) is 10.2. The number of hydrogen-bond acceptors (Lipinski definition) is 3. The van der Waals surface area contributed by atoms with E-state index in [0.29, 0.717) is 6.54 Å². The Morgan fingerprint density at radius 2 is 2.28 bits per heavy atom. The van der Waals surface area contributed by atoms with Gasteiger partial charge in [0.05, 0.1) is 6.04 Å². The summed E-state index contributed by atoms with van der Waals surface area (Å²) in [7, 11) is 0. The second-order valence-electron chi connectivity index (χ2n) is 3.80. The van der Waals surface area contributed by atoms with Crippen LogP contribution in [0.2, 0.25) is 0 Å². The highest BCUT2D eigenvalue weighted by Gasteiger charge is 2.19. The molecule has 98 valence electrons. The van der Waals surface area contributed by atoms with Crippen LogP contribution in [0.5, 0.6) is 0 Å². The van der Waals surface area contributed by atoms with E-state index in [1.54, 1.807) is 25.1 Å². The lowest BCUT2D eigenvalue weighted by Gasteiger charge is -2.25. The van der Waals surface area contributed by atoms with Crippen molar-refractivity contribution in [2.24, 2.45) is 5.73 Å². The van der Waals surface area contributed by atoms with E-state index in [9.17, 15) is 9.59 Å². The first kappa shape index (κ1) is 14.0. The number of aromatic nitrogens is 1. The molecular weight excluding hydrogens is 234 g/mol. The normalized spacial score (nSPS) is 12.6. The van der Waals surface area contributed by atoms with Gasteiger partial charge in [-0.1, -0.05) is 18.2 Å². The summed E-state index contributed by atoms with van der Waals surface area (Å²) in [5.41, 5.74) is 5.82. The molecule has 0 spiro atoms. The second kappa shape index (κ2) is 6.61. The van der Waals surface area contributed by atoms with E-state index in [-0.39, 0.29) is 18.1 Å². The molecule has 1 amide bonds. The van der Waals surface area contributed by atoms with Crippen molar-refractivity contribution in [2.45, 2.75) is 13.0 Å². The molecule has 0 aliphatic carbocycles. The van der Waals surface area contributed by atoms with Gasteiger partial charge in [0.2, 0.25) is 5.56 Å². The number of nitrogens with one attached hydrogen (secondary N) is 1. The molecule has 6 nitrogen and oxygen atoms in total. The van der Waals surface area contributed by atoms with E-state index in [1.165, 1.54) is 17.2 Å². The van der Waals surface area contributed by atoms with Gasteiger partial charge in [-0.15, -0.1) is 0 Å². The maximum absolute atomic E-state index is 11.2. The van der Waals surface area contributed by atoms with E-state index in [0.717, 1.165) is 5.56 Å². The van der Waals surface area contributed by atoms with E-state index in [4.69, 9.17) is 10.8 Å². The van der Waals surface area contributed by atoms with E-state index in [1.807, 2.05) is 0 Å². The molecule has 1 unspecified atom stereocenters. The summed E-state index contributed by atoms with van der Waals surface area (Å²) in [5.74, 6) is 0. The minimum Gasteiger partial charge on any atom is -0.465 e. The highest BCUT2D eigenvalue weighted by atomic mass is 16.4. The number of rotatable bonds is 5. The van der Waals surface area contributed by atoms with E-state index >= 15 is 0 Å². The molecular formula is C12H17N3O3. The Kier molecular flexibility index (Phi) is 5.13. The molecule has 1 atom stereocenters. The lowest BCUT2D eigenvalue weighted by atomic mass is 10.1. The van der Waals surface area contributed by atoms with Crippen LogP contribution in [0.4, 0.5) is 4.79 Å². The highest BCUT2D eigenvalue weighted by molar-refractivity contribution is 5.66. The lowest BCUT2D eigenvalue weighted by molar-refractivity contribution is 0.134. The third kappa shape index (κ3) is 3.74. The third-order valence-corrected chi connectivity index (χ3v) is 2.61. The van der Waals surface area contributed by atoms with Crippen LogP contribution in [0.25, 0.3) is 0 Å². The Balaban J connectivity index is 2.85. The molecule has 1 aromatic rings. The number of carboxylic acid groups (broad SMARTS) is 1. The van der Waals surface area contributed by atoms with Crippen molar-refractivity contribution in [1.29, 1.82) is 0 Å². The Labute approximate surface area is 105 Å². The number of carbonyl (C=O) groups is 1. The molecule has 0 saturated carbocycles. The average molecular weight is 251 g/mol. The van der Waals surface area contributed by atoms with Gasteiger partial charge < -0.3 is 15.8 Å². The van der Waals surface area contributed by atoms with Gasteiger partial charge in [0.15, 0.2) is 0 Å². The van der Waals surface area contributed by atoms with Crippen LogP contribution in [0.1, 0.15) is 18.5 Å². The molecule has 1 rings (SSSR count). The fraction of sp³-hybridized carbons (Fsp3) is 0.333. The van der Waals surface area contributed by atoms with Crippen molar-refractivity contribution >= 4 is 6.09 Å². The highest BCUT2D eigenvalue weighted by Crippen LogP contribution is 2.18. The van der Waals surface area contributed by atoms with Crippen LogP contribution < -0.4 is 11.3 Å². The van der Waals surface area contributed by atoms with Crippen LogP contribution in [0.3, 0.4) is 0 Å². The largest absolute Gasteiger partial charge is 0.465 e. The zero-order chi connectivity index (χ0) is 13.5. The van der Waals surface area contributed by atoms with Crippen LogP contribution >= 0.6 is 0 Å². The number of pyridine rings is 1. The van der Waals surface area contributed by atoms with E-state index in [2.05, 4.69) is 4.98 Å². The molecule has 0 fully saturated rings. The minimum absolute atomic E-state index is 0.212. The van der Waals surface area contributed by atoms with Crippen molar-refractivity contribution < 1.29 is 9.90 Å². The first-order valence-corrected chi connectivity index (χ1v) is 5.59. The minimum atomic E-state index is -1.02. The number of aromatic amines is 1. The third-order valence-electron chi connectivity index (χ3n) is 2.61. The molecule has 0 aliphatic heterocycles. The number of H-pyrrole nitrogens is 1. The Bertz CT molecular complexity index is 461. The molecule has 6 heteroatoms. The molecule has 0 radical (unpaired) electrons. The van der Waals surface area contributed by atoms with Gasteiger partial charge in [0, 0.05) is 25.4 Å². The standard InChI is InChI=1S/C12H17N3O3/c1-9(10-4-5-11(16)14-8-10)15(12(17)18)7-3-2-6-13/h2-5,8-9H,6-7,13H2,1H3,(H,14,16)(H,17,18)/b3-2+. The van der Waals surface area contributed by atoms with Gasteiger partial charge in [0.25, 0.3) is 0 Å². The van der Waals surface area contributed by atoms with Gasteiger partial charge >= 0.3 is 6.09 Å². The number of nitrogens with zero attached hydrogens (tertiary/aromatic N) is 1. The smallest absolute Gasteiger partial charge is 0.408 e. The molecule has 4 N–H and O–H groups in total. The maximum Gasteiger partial charge on any atom is 0.408 e. The zero-order valence-corrected chi connectivity index (χ0v) is 10.2. The van der Waals surface area contributed by atoms with Crippen LogP contribution in [0, 0.1) is 0 Å². The number of hydrogen-bond donors (Lipinski definition) is 3. The Hall–Kier alpha value is -2.08. The van der Waals surface area contributed by atoms with Gasteiger partial charge in [0.1, 0.15) is 0 Å². The molecule has 0 aromatic carbocycles. The van der Waals surface area contributed by atoms with Crippen molar-refractivity contribution in [1.82, 2.24) is 9.88 Å². The van der Waals surface area contributed by atoms with Crippen LogP contribution in [-0.4, -0.2) is 34.2 Å². The van der Waals surface area contributed by atoms with Crippen molar-refractivity contribution in [2.75, 3.05) is 13.1 Å². The van der Waals surface area contributed by atoms with Crippen LogP contribution in [-0.2, 0) is 0 Å². The summed E-state index contributed by atoms with van der Waals surface area (Å²) in [5, 5.41) is 9.15. The first-order valence-electron chi connectivity index (χ1n) is 5.59. The number of amides is 1. The Morgan fingerprint density at radius 3 is 2.78 bits per heavy atom. The predicted molar refractivity (Wildman–Crippen MR) is 68.4 cm³/mol. The fourth-order valence-electron chi connectivity index (χ4n) is 1.55. The van der Waals surface area contributed by atoms with Crippen LogP contribution in [0.15, 0.2) is 35.3 Å². The van der Waals surface area contributed by atoms with E-state index < -0.39 is 6.09 Å². The van der Waals surface area contributed by atoms with Crippen molar-refractivity contribution in [3.63, 3.8) is 0 Å². The summed E-state index contributed by atoms with van der Waals surface area (Å²) < 4.78 is 0. The predicted octanol–water partition coefficient (Wildman–Crippen LogP) is 0.931. The molecule has 18 heavy (non-hydrogen) atoms. The second-order valence-corrected chi connectivity index (χ2v) is 3.80. The summed E-state index contributed by atoms with van der Waals surface area (Å²) in [6.45, 7) is 2.39. The topological polar surface area (TPSA) is 99.4 Å². The summed E-state index contributed by atoms with van der Waals surface area (Å²) in [6.07, 6.45) is 3.91. The quantitative estimate of drug-likeness (QED) is 0.678. The van der Waals surface area contributed by atoms with Gasteiger partial charge in [-0.05, 0) is 12.5 Å². The molecule has 0 aliphatic rings. The summed E-state index contributed by atoms with van der Waals surface area (Å²) >= 11 is 0.